The molecule has 3 aromatic carbocycles. The van der Waals surface area contributed by atoms with Gasteiger partial charge in [0, 0.05) is 38.0 Å². The van der Waals surface area contributed by atoms with Crippen molar-refractivity contribution in [3.8, 4) is 11.5 Å². The molecule has 0 amide bonds. The second-order valence-corrected chi connectivity index (χ2v) is 8.66. The van der Waals surface area contributed by atoms with E-state index in [0.29, 0.717) is 17.9 Å². The number of benzene rings is 3. The Hall–Kier alpha value is -3.38. The normalized spacial score (nSPS) is 14.2. The van der Waals surface area contributed by atoms with Gasteiger partial charge < -0.3 is 20.1 Å². The zero-order chi connectivity index (χ0) is 28.3. The van der Waals surface area contributed by atoms with E-state index in [-0.39, 0.29) is 16.9 Å². The molecular weight excluding hydrogens is 524 g/mol. The minimum Gasteiger partial charge on any atom is -0.457 e. The molecule has 206 valence electrons. The Balaban J connectivity index is 2.00. The molecule has 0 saturated heterocycles. The van der Waals surface area contributed by atoms with Crippen molar-refractivity contribution in [1.82, 2.24) is 5.32 Å². The van der Waals surface area contributed by atoms with E-state index in [4.69, 9.17) is 4.74 Å². The van der Waals surface area contributed by atoms with Gasteiger partial charge in [-0.15, -0.1) is 0 Å². The van der Waals surface area contributed by atoms with Crippen LogP contribution in [0.1, 0.15) is 22.7 Å². The lowest BCUT2D eigenvalue weighted by Crippen LogP contribution is -2.40. The number of ether oxygens (including phenoxy) is 1. The molecule has 0 unspecified atom stereocenters. The third-order valence-corrected chi connectivity index (χ3v) is 5.59. The Kier molecular flexibility index (Phi) is 8.57. The number of nitrogens with zero attached hydrogens (tertiary/aromatic N) is 1. The van der Waals surface area contributed by atoms with Crippen LogP contribution in [-0.2, 0) is 5.92 Å². The SMILES string of the molecule is CN(C)c1cccc(Oc2cccc([C@H](NC[C@@H](O)C(F)(F)F)c3cccc(C(F)(F)C(F)(F)F)c3)c2)c1. The molecule has 0 aliphatic rings. The predicted octanol–water partition coefficient (Wildman–Crippen LogP) is 6.80. The highest BCUT2D eigenvalue weighted by Gasteiger charge is 2.58. The summed E-state index contributed by atoms with van der Waals surface area (Å²) < 4.78 is 111. The quantitative estimate of drug-likeness (QED) is 0.289. The largest absolute Gasteiger partial charge is 0.458 e. The molecule has 2 N–H and O–H groups in total. The topological polar surface area (TPSA) is 44.7 Å². The van der Waals surface area contributed by atoms with E-state index < -0.39 is 42.5 Å². The lowest BCUT2D eigenvalue weighted by molar-refractivity contribution is -0.289. The van der Waals surface area contributed by atoms with Gasteiger partial charge in [0.1, 0.15) is 11.5 Å². The number of nitrogens with one attached hydrogen (secondary N) is 1. The van der Waals surface area contributed by atoms with Gasteiger partial charge in [-0.3, -0.25) is 0 Å². The first kappa shape index (κ1) is 29.2. The van der Waals surface area contributed by atoms with E-state index in [1.54, 1.807) is 24.3 Å². The number of hydrogen-bond donors (Lipinski definition) is 2. The van der Waals surface area contributed by atoms with Crippen molar-refractivity contribution in [2.75, 3.05) is 25.5 Å². The fraction of sp³-hybridized carbons (Fsp3) is 0.308. The van der Waals surface area contributed by atoms with E-state index >= 15 is 0 Å². The zero-order valence-electron chi connectivity index (χ0n) is 20.1. The minimum atomic E-state index is -5.88. The summed E-state index contributed by atoms with van der Waals surface area (Å²) in [5, 5.41) is 11.9. The Labute approximate surface area is 213 Å². The lowest BCUT2D eigenvalue weighted by Gasteiger charge is -2.25. The molecule has 4 nitrogen and oxygen atoms in total. The smallest absolute Gasteiger partial charge is 0.457 e. The molecule has 0 fully saturated rings. The van der Waals surface area contributed by atoms with E-state index in [1.165, 1.54) is 24.3 Å². The summed E-state index contributed by atoms with van der Waals surface area (Å²) in [6.45, 7) is -1.05. The summed E-state index contributed by atoms with van der Waals surface area (Å²) in [4.78, 5) is 1.83. The van der Waals surface area contributed by atoms with E-state index in [9.17, 15) is 40.2 Å². The fourth-order valence-electron chi connectivity index (χ4n) is 3.57. The van der Waals surface area contributed by atoms with Gasteiger partial charge in [0.25, 0.3) is 0 Å². The molecule has 0 saturated carbocycles. The second kappa shape index (κ2) is 11.2. The summed E-state index contributed by atoms with van der Waals surface area (Å²) in [7, 11) is 3.64. The second-order valence-electron chi connectivity index (χ2n) is 8.66. The Morgan fingerprint density at radius 3 is 1.92 bits per heavy atom. The molecular formula is C26H24F8N2O2. The Morgan fingerprint density at radius 2 is 1.34 bits per heavy atom. The number of halogens is 8. The van der Waals surface area contributed by atoms with Gasteiger partial charge in [-0.05, 0) is 41.5 Å². The molecule has 12 heteroatoms. The van der Waals surface area contributed by atoms with Crippen molar-refractivity contribution < 1.29 is 45.0 Å². The van der Waals surface area contributed by atoms with Gasteiger partial charge in [0.15, 0.2) is 6.10 Å². The van der Waals surface area contributed by atoms with Crippen LogP contribution in [0, 0.1) is 0 Å². The molecule has 0 heterocycles. The van der Waals surface area contributed by atoms with Gasteiger partial charge in [-0.2, -0.15) is 35.1 Å². The van der Waals surface area contributed by atoms with Gasteiger partial charge in [0.05, 0.1) is 6.04 Å². The van der Waals surface area contributed by atoms with Crippen molar-refractivity contribution in [2.24, 2.45) is 0 Å². The van der Waals surface area contributed by atoms with Crippen LogP contribution in [0.4, 0.5) is 40.8 Å². The van der Waals surface area contributed by atoms with Crippen molar-refractivity contribution in [1.29, 1.82) is 0 Å². The van der Waals surface area contributed by atoms with Crippen molar-refractivity contribution in [3.63, 3.8) is 0 Å². The third kappa shape index (κ3) is 6.93. The first-order valence-electron chi connectivity index (χ1n) is 11.2. The molecule has 2 atom stereocenters. The van der Waals surface area contributed by atoms with Gasteiger partial charge in [0.2, 0.25) is 0 Å². The number of hydrogen-bond acceptors (Lipinski definition) is 4. The van der Waals surface area contributed by atoms with Crippen LogP contribution in [0.25, 0.3) is 0 Å². The van der Waals surface area contributed by atoms with E-state index in [1.807, 2.05) is 25.1 Å². The summed E-state index contributed by atoms with van der Waals surface area (Å²) >= 11 is 0. The molecule has 0 aliphatic heterocycles. The highest BCUT2D eigenvalue weighted by molar-refractivity contribution is 5.50. The van der Waals surface area contributed by atoms with Crippen LogP contribution in [0.3, 0.4) is 0 Å². The predicted molar refractivity (Wildman–Crippen MR) is 126 cm³/mol. The Bertz CT molecular complexity index is 1230. The maximum Gasteiger partial charge on any atom is 0.458 e. The first-order valence-corrected chi connectivity index (χ1v) is 11.2. The average Bonchev–Trinajstić information content (AvgIpc) is 2.83. The van der Waals surface area contributed by atoms with Crippen LogP contribution in [0.15, 0.2) is 72.8 Å². The van der Waals surface area contributed by atoms with Crippen LogP contribution in [-0.4, -0.2) is 44.2 Å². The van der Waals surface area contributed by atoms with Crippen LogP contribution < -0.4 is 15.0 Å². The fourth-order valence-corrected chi connectivity index (χ4v) is 3.57. The van der Waals surface area contributed by atoms with Gasteiger partial charge in [-0.1, -0.05) is 36.4 Å². The van der Waals surface area contributed by atoms with E-state index in [2.05, 4.69) is 5.32 Å². The summed E-state index contributed by atoms with van der Waals surface area (Å²) in [6.07, 6.45) is -13.7. The maximum absolute atomic E-state index is 14.0. The maximum atomic E-state index is 14.0. The standard InChI is InChI=1S/C26H24F8N2O2/c1-36(2)19-9-5-11-21(14-19)38-20-10-4-7-17(13-20)23(35-15-22(37)25(29,30)31)16-6-3-8-18(12-16)24(27,28)26(32,33)34/h3-14,22-23,35,37H,15H2,1-2H3/t22-,23-/m1/s1. The highest BCUT2D eigenvalue weighted by Crippen LogP contribution is 2.44. The third-order valence-electron chi connectivity index (χ3n) is 5.59. The highest BCUT2D eigenvalue weighted by atomic mass is 19.4. The number of rotatable bonds is 9. The summed E-state index contributed by atoms with van der Waals surface area (Å²) in [5.41, 5.74) is -0.527. The Morgan fingerprint density at radius 1 is 0.789 bits per heavy atom. The van der Waals surface area contributed by atoms with Gasteiger partial charge in [-0.25, -0.2) is 0 Å². The molecule has 0 radical (unpaired) electrons. The number of aliphatic hydroxyl groups excluding tert-OH is 1. The first-order chi connectivity index (χ1) is 17.6. The summed E-state index contributed by atoms with van der Waals surface area (Å²) in [6, 6.07) is 14.8. The van der Waals surface area contributed by atoms with Crippen LogP contribution >= 0.6 is 0 Å². The molecule has 3 rings (SSSR count). The summed E-state index contributed by atoms with van der Waals surface area (Å²) in [5.74, 6) is -4.53. The van der Waals surface area contributed by atoms with Crippen LogP contribution in [0.2, 0.25) is 0 Å². The molecule has 38 heavy (non-hydrogen) atoms. The molecule has 0 aromatic heterocycles. The average molecular weight is 548 g/mol. The van der Waals surface area contributed by atoms with Crippen LogP contribution in [0.5, 0.6) is 11.5 Å². The van der Waals surface area contributed by atoms with E-state index in [0.717, 1.165) is 11.8 Å². The number of alkyl halides is 8. The van der Waals surface area contributed by atoms with Crippen molar-refractivity contribution in [3.05, 3.63) is 89.5 Å². The molecule has 0 aliphatic carbocycles. The molecule has 3 aromatic rings. The monoisotopic (exact) mass is 548 g/mol. The molecule has 0 spiro atoms. The van der Waals surface area contributed by atoms with Crippen molar-refractivity contribution in [2.45, 2.75) is 30.4 Å². The zero-order valence-corrected chi connectivity index (χ0v) is 20.1. The molecule has 0 bridgehead atoms. The van der Waals surface area contributed by atoms with Gasteiger partial charge >= 0.3 is 18.3 Å². The van der Waals surface area contributed by atoms with Crippen molar-refractivity contribution >= 4 is 5.69 Å². The lowest BCUT2D eigenvalue weighted by atomic mass is 9.95. The minimum absolute atomic E-state index is 0.174. The number of aliphatic hydroxyl groups is 1. The number of anilines is 1.